The van der Waals surface area contributed by atoms with Gasteiger partial charge in [0.2, 0.25) is 0 Å². The number of likely N-dealkylation sites (tertiary alicyclic amines) is 1. The number of benzene rings is 1. The van der Waals surface area contributed by atoms with E-state index in [4.69, 9.17) is 0 Å². The molecule has 0 aromatic heterocycles. The molecular formula is C21H35NO. The van der Waals surface area contributed by atoms with Gasteiger partial charge in [0.1, 0.15) is 5.75 Å². The average Bonchev–Trinajstić information content (AvgIpc) is 2.40. The fourth-order valence-corrected chi connectivity index (χ4v) is 3.56. The van der Waals surface area contributed by atoms with Crippen molar-refractivity contribution in [1.29, 1.82) is 0 Å². The zero-order chi connectivity index (χ0) is 17.4. The smallest absolute Gasteiger partial charge is 0.123 e. The van der Waals surface area contributed by atoms with E-state index >= 15 is 0 Å². The molecule has 1 heterocycles. The van der Waals surface area contributed by atoms with Crippen molar-refractivity contribution in [1.82, 2.24) is 4.90 Å². The lowest BCUT2D eigenvalue weighted by atomic mass is 9.78. The third-order valence-electron chi connectivity index (χ3n) is 5.11. The van der Waals surface area contributed by atoms with Crippen LogP contribution < -0.4 is 0 Å². The molecule has 0 radical (unpaired) electrons. The highest BCUT2D eigenvalue weighted by molar-refractivity contribution is 5.49. The van der Waals surface area contributed by atoms with Gasteiger partial charge in [-0.25, -0.2) is 0 Å². The Hall–Kier alpha value is -1.02. The Morgan fingerprint density at radius 3 is 1.96 bits per heavy atom. The van der Waals surface area contributed by atoms with Crippen LogP contribution in [0.15, 0.2) is 12.1 Å². The lowest BCUT2D eigenvalue weighted by Gasteiger charge is -2.34. The minimum absolute atomic E-state index is 0.0480. The first-order valence-electron chi connectivity index (χ1n) is 9.11. The Balaban J connectivity index is 2.43. The van der Waals surface area contributed by atoms with E-state index in [2.05, 4.69) is 65.5 Å². The van der Waals surface area contributed by atoms with E-state index in [1.54, 1.807) is 0 Å². The zero-order valence-electron chi connectivity index (χ0n) is 16.2. The van der Waals surface area contributed by atoms with Gasteiger partial charge in [0.05, 0.1) is 0 Å². The molecule has 1 fully saturated rings. The fraction of sp³-hybridized carbons (Fsp3) is 0.714. The molecule has 1 N–H and O–H groups in total. The Morgan fingerprint density at radius 1 is 1.00 bits per heavy atom. The Morgan fingerprint density at radius 2 is 1.52 bits per heavy atom. The summed E-state index contributed by atoms with van der Waals surface area (Å²) in [5.41, 5.74) is 3.39. The highest BCUT2D eigenvalue weighted by Crippen LogP contribution is 2.40. The Labute approximate surface area is 142 Å². The van der Waals surface area contributed by atoms with E-state index in [9.17, 15) is 5.11 Å². The van der Waals surface area contributed by atoms with Gasteiger partial charge in [-0.15, -0.1) is 0 Å². The highest BCUT2D eigenvalue weighted by atomic mass is 16.3. The maximum absolute atomic E-state index is 10.8. The van der Waals surface area contributed by atoms with E-state index < -0.39 is 0 Å². The first-order valence-corrected chi connectivity index (χ1v) is 9.11. The van der Waals surface area contributed by atoms with Crippen molar-refractivity contribution in [2.24, 2.45) is 0 Å². The fourth-order valence-electron chi connectivity index (χ4n) is 3.56. The van der Waals surface area contributed by atoms with Crippen LogP contribution in [0.25, 0.3) is 0 Å². The monoisotopic (exact) mass is 317 g/mol. The second-order valence-electron chi connectivity index (χ2n) is 9.35. The lowest BCUT2D eigenvalue weighted by Crippen LogP contribution is -2.36. The molecule has 2 heteroatoms. The number of phenols is 1. The molecule has 23 heavy (non-hydrogen) atoms. The van der Waals surface area contributed by atoms with Crippen LogP contribution in [-0.4, -0.2) is 22.6 Å². The minimum atomic E-state index is -0.0480. The van der Waals surface area contributed by atoms with Gasteiger partial charge in [0, 0.05) is 12.6 Å². The minimum Gasteiger partial charge on any atom is -0.507 e. The summed E-state index contributed by atoms with van der Waals surface area (Å²) in [7, 11) is 0. The van der Waals surface area contributed by atoms with Crippen molar-refractivity contribution in [3.63, 3.8) is 0 Å². The summed E-state index contributed by atoms with van der Waals surface area (Å²) >= 11 is 0. The maximum Gasteiger partial charge on any atom is 0.123 e. The molecule has 1 aromatic carbocycles. The topological polar surface area (TPSA) is 23.5 Å². The maximum atomic E-state index is 10.8. The molecule has 130 valence electrons. The molecule has 0 spiro atoms. The number of piperidine rings is 1. The van der Waals surface area contributed by atoms with Gasteiger partial charge >= 0.3 is 0 Å². The second-order valence-corrected chi connectivity index (χ2v) is 9.35. The van der Waals surface area contributed by atoms with E-state index in [1.807, 2.05) is 0 Å². The largest absolute Gasteiger partial charge is 0.507 e. The molecule has 0 bridgehead atoms. The standard InChI is InChI=1S/C21H35NO/c1-15-10-8-9-11-22(15)14-16-12-17(20(2,3)4)19(23)18(13-16)21(5,6)7/h12-13,15,23H,8-11,14H2,1-7H3. The van der Waals surface area contributed by atoms with Gasteiger partial charge in [0.25, 0.3) is 0 Å². The third-order valence-corrected chi connectivity index (χ3v) is 5.11. The third kappa shape index (κ3) is 4.29. The molecule has 2 rings (SSSR count). The summed E-state index contributed by atoms with van der Waals surface area (Å²) < 4.78 is 0. The van der Waals surface area contributed by atoms with Crippen molar-refractivity contribution in [2.45, 2.75) is 91.1 Å². The average molecular weight is 318 g/mol. The SMILES string of the molecule is CC1CCCCN1Cc1cc(C(C)(C)C)c(O)c(C(C)(C)C)c1. The molecule has 1 aromatic rings. The molecule has 1 unspecified atom stereocenters. The van der Waals surface area contributed by atoms with Gasteiger partial charge in [-0.2, -0.15) is 0 Å². The quantitative estimate of drug-likeness (QED) is 0.793. The summed E-state index contributed by atoms with van der Waals surface area (Å²) in [5.74, 6) is 0.487. The van der Waals surface area contributed by atoms with Crippen LogP contribution in [0, 0.1) is 0 Å². The van der Waals surface area contributed by atoms with Crippen molar-refractivity contribution in [3.05, 3.63) is 28.8 Å². The molecular weight excluding hydrogens is 282 g/mol. The number of hydrogen-bond acceptors (Lipinski definition) is 2. The van der Waals surface area contributed by atoms with Crippen LogP contribution in [0.2, 0.25) is 0 Å². The van der Waals surface area contributed by atoms with Crippen molar-refractivity contribution in [2.75, 3.05) is 6.54 Å². The van der Waals surface area contributed by atoms with E-state index in [1.165, 1.54) is 31.4 Å². The molecule has 0 saturated carbocycles. The van der Waals surface area contributed by atoms with E-state index in [0.717, 1.165) is 17.7 Å². The number of hydrogen-bond donors (Lipinski definition) is 1. The van der Waals surface area contributed by atoms with Crippen LogP contribution in [-0.2, 0) is 17.4 Å². The van der Waals surface area contributed by atoms with Gasteiger partial charge in [0.15, 0.2) is 0 Å². The number of nitrogens with zero attached hydrogens (tertiary/aromatic N) is 1. The van der Waals surface area contributed by atoms with Gasteiger partial charge in [-0.3, -0.25) is 4.90 Å². The molecule has 0 amide bonds. The number of rotatable bonds is 2. The second kappa shape index (κ2) is 6.47. The van der Waals surface area contributed by atoms with Crippen LogP contribution in [0.4, 0.5) is 0 Å². The lowest BCUT2D eigenvalue weighted by molar-refractivity contribution is 0.152. The van der Waals surface area contributed by atoms with Gasteiger partial charge in [-0.1, -0.05) is 60.1 Å². The predicted octanol–water partition coefficient (Wildman–Crippen LogP) is 5.36. The summed E-state index contributed by atoms with van der Waals surface area (Å²) in [6.07, 6.45) is 3.96. The molecule has 1 aliphatic rings. The van der Waals surface area contributed by atoms with Gasteiger partial charge < -0.3 is 5.11 Å². The molecule has 2 nitrogen and oxygen atoms in total. The normalized spacial score (nSPS) is 20.7. The summed E-state index contributed by atoms with van der Waals surface area (Å²) in [4.78, 5) is 2.59. The van der Waals surface area contributed by atoms with Crippen LogP contribution in [0.5, 0.6) is 5.75 Å². The van der Waals surface area contributed by atoms with Crippen LogP contribution in [0.1, 0.15) is 84.4 Å². The van der Waals surface area contributed by atoms with Crippen LogP contribution >= 0.6 is 0 Å². The predicted molar refractivity (Wildman–Crippen MR) is 99.2 cm³/mol. The first kappa shape index (κ1) is 18.3. The van der Waals surface area contributed by atoms with Crippen molar-refractivity contribution in [3.8, 4) is 5.75 Å². The molecule has 1 aliphatic heterocycles. The molecule has 1 saturated heterocycles. The van der Waals surface area contributed by atoms with E-state index in [-0.39, 0.29) is 10.8 Å². The highest BCUT2D eigenvalue weighted by Gasteiger charge is 2.27. The Bertz CT molecular complexity index is 513. The zero-order valence-corrected chi connectivity index (χ0v) is 16.2. The number of aromatic hydroxyl groups is 1. The molecule has 0 aliphatic carbocycles. The summed E-state index contributed by atoms with van der Waals surface area (Å²) in [5, 5.41) is 10.8. The van der Waals surface area contributed by atoms with E-state index in [0.29, 0.717) is 11.8 Å². The first-order chi connectivity index (χ1) is 10.5. The molecule has 1 atom stereocenters. The van der Waals surface area contributed by atoms with Crippen LogP contribution in [0.3, 0.4) is 0 Å². The van der Waals surface area contributed by atoms with Crippen molar-refractivity contribution < 1.29 is 5.11 Å². The van der Waals surface area contributed by atoms with Gasteiger partial charge in [-0.05, 0) is 53.8 Å². The number of phenolic OH excluding ortho intramolecular Hbond substituents is 1. The summed E-state index contributed by atoms with van der Waals surface area (Å²) in [6.45, 7) is 17.6. The Kier molecular flexibility index (Phi) is 5.15. The summed E-state index contributed by atoms with van der Waals surface area (Å²) in [6, 6.07) is 5.12. The van der Waals surface area contributed by atoms with Crippen molar-refractivity contribution >= 4 is 0 Å².